The zero-order valence-electron chi connectivity index (χ0n) is 8.22. The van der Waals surface area contributed by atoms with E-state index in [9.17, 15) is 0 Å². The van der Waals surface area contributed by atoms with Crippen LogP contribution >= 0.6 is 0 Å². The van der Waals surface area contributed by atoms with Crippen LogP contribution in [0.2, 0.25) is 0 Å². The average molecular weight is 160 g/mol. The third-order valence-corrected chi connectivity index (χ3v) is 2.41. The monoisotopic (exact) mass is 160 g/mol. The first-order valence-electron chi connectivity index (χ1n) is 3.85. The van der Waals surface area contributed by atoms with Crippen LogP contribution in [-0.4, -0.2) is 44.3 Å². The van der Waals surface area contributed by atoms with Gasteiger partial charge in [-0.3, -0.25) is 0 Å². The molecule has 0 radical (unpaired) electrons. The Labute approximate surface area is 69.5 Å². The molecule has 0 saturated carbocycles. The topological polar surface area (TPSA) is 38.5 Å². The lowest BCUT2D eigenvalue weighted by Gasteiger charge is -2.37. The molecule has 2 N–H and O–H groups in total. The fraction of sp³-hybridized carbons (Fsp3) is 1.00. The molecule has 3 heteroatoms. The van der Waals surface area contributed by atoms with E-state index in [1.165, 1.54) is 0 Å². The molecule has 0 saturated heterocycles. The highest BCUT2D eigenvalue weighted by atomic mass is 16.5. The summed E-state index contributed by atoms with van der Waals surface area (Å²) in [4.78, 5) is 2.11. The number of nitrogens with zero attached hydrogens (tertiary/aromatic N) is 1. The minimum absolute atomic E-state index is 0.00396. The average Bonchev–Trinajstić information content (AvgIpc) is 1.88. The van der Waals surface area contributed by atoms with Crippen LogP contribution < -0.4 is 5.73 Å². The summed E-state index contributed by atoms with van der Waals surface area (Å²) >= 11 is 0. The van der Waals surface area contributed by atoms with Gasteiger partial charge in [0.05, 0.1) is 6.61 Å². The van der Waals surface area contributed by atoms with Gasteiger partial charge < -0.3 is 15.4 Å². The molecular weight excluding hydrogens is 140 g/mol. The molecule has 0 spiro atoms. The van der Waals surface area contributed by atoms with Gasteiger partial charge in [-0.15, -0.1) is 0 Å². The highest BCUT2D eigenvalue weighted by Crippen LogP contribution is 2.13. The normalized spacial score (nSPS) is 15.5. The van der Waals surface area contributed by atoms with Gasteiger partial charge in [0, 0.05) is 18.7 Å². The lowest BCUT2D eigenvalue weighted by atomic mass is 9.95. The van der Waals surface area contributed by atoms with Gasteiger partial charge in [0.15, 0.2) is 0 Å². The Morgan fingerprint density at radius 1 is 1.45 bits per heavy atom. The third kappa shape index (κ3) is 2.77. The van der Waals surface area contributed by atoms with E-state index in [-0.39, 0.29) is 11.6 Å². The Kier molecular flexibility index (Phi) is 4.00. The van der Waals surface area contributed by atoms with Crippen LogP contribution in [0.25, 0.3) is 0 Å². The molecule has 0 rings (SSSR count). The van der Waals surface area contributed by atoms with Gasteiger partial charge in [-0.2, -0.15) is 0 Å². The Bertz CT molecular complexity index is 113. The van der Waals surface area contributed by atoms with Gasteiger partial charge in [-0.05, 0) is 27.9 Å². The quantitative estimate of drug-likeness (QED) is 0.643. The van der Waals surface area contributed by atoms with Crippen molar-refractivity contribution in [2.45, 2.75) is 25.4 Å². The Hall–Kier alpha value is -0.120. The van der Waals surface area contributed by atoms with Crippen LogP contribution in [0.15, 0.2) is 0 Å². The fourth-order valence-corrected chi connectivity index (χ4v) is 0.715. The maximum absolute atomic E-state index is 5.90. The van der Waals surface area contributed by atoms with Crippen molar-refractivity contribution in [1.29, 1.82) is 0 Å². The van der Waals surface area contributed by atoms with E-state index in [1.54, 1.807) is 7.11 Å². The van der Waals surface area contributed by atoms with Crippen molar-refractivity contribution in [3.63, 3.8) is 0 Å². The van der Waals surface area contributed by atoms with Gasteiger partial charge in [-0.1, -0.05) is 0 Å². The Morgan fingerprint density at radius 2 is 1.91 bits per heavy atom. The fourth-order valence-electron chi connectivity index (χ4n) is 0.715. The second kappa shape index (κ2) is 4.04. The lowest BCUT2D eigenvalue weighted by molar-refractivity contribution is 0.0902. The molecule has 0 fully saturated rings. The number of likely N-dealkylation sites (N-methyl/N-ethyl adjacent to an activating group) is 1. The summed E-state index contributed by atoms with van der Waals surface area (Å²) in [6, 6.07) is 0.0579. The molecule has 0 amide bonds. The standard InChI is InChI=1S/C8H20N2O/c1-8(2,10(3)4)7(9)6-11-5/h7H,6,9H2,1-5H3. The minimum atomic E-state index is -0.00396. The van der Waals surface area contributed by atoms with Gasteiger partial charge in [0.25, 0.3) is 0 Å². The predicted molar refractivity (Wildman–Crippen MR) is 47.6 cm³/mol. The highest BCUT2D eigenvalue weighted by molar-refractivity contribution is 4.88. The van der Waals surface area contributed by atoms with E-state index in [0.717, 1.165) is 0 Å². The summed E-state index contributed by atoms with van der Waals surface area (Å²) in [5.74, 6) is 0. The Balaban J connectivity index is 4.05. The number of rotatable bonds is 4. The predicted octanol–water partition coefficient (Wildman–Crippen LogP) is 0.300. The first-order valence-corrected chi connectivity index (χ1v) is 3.85. The van der Waals surface area contributed by atoms with Gasteiger partial charge in [0.2, 0.25) is 0 Å². The summed E-state index contributed by atoms with van der Waals surface area (Å²) in [6.45, 7) is 4.82. The third-order valence-electron chi connectivity index (χ3n) is 2.41. The molecule has 0 aliphatic rings. The molecule has 0 aromatic carbocycles. The summed E-state index contributed by atoms with van der Waals surface area (Å²) in [6.07, 6.45) is 0. The van der Waals surface area contributed by atoms with E-state index in [0.29, 0.717) is 6.61 Å². The van der Waals surface area contributed by atoms with E-state index < -0.39 is 0 Å². The maximum atomic E-state index is 5.90. The van der Waals surface area contributed by atoms with Crippen LogP contribution in [0.3, 0.4) is 0 Å². The summed E-state index contributed by atoms with van der Waals surface area (Å²) in [7, 11) is 5.72. The molecule has 0 aliphatic heterocycles. The van der Waals surface area contributed by atoms with Crippen LogP contribution in [0.4, 0.5) is 0 Å². The van der Waals surface area contributed by atoms with Crippen LogP contribution in [-0.2, 0) is 4.74 Å². The molecule has 1 atom stereocenters. The smallest absolute Gasteiger partial charge is 0.0631 e. The molecular formula is C8H20N2O. The van der Waals surface area contributed by atoms with Crippen molar-refractivity contribution in [2.24, 2.45) is 5.73 Å². The number of ether oxygens (including phenoxy) is 1. The molecule has 0 aromatic rings. The molecule has 0 aliphatic carbocycles. The van der Waals surface area contributed by atoms with E-state index in [2.05, 4.69) is 18.7 Å². The molecule has 3 nitrogen and oxygen atoms in total. The van der Waals surface area contributed by atoms with Crippen molar-refractivity contribution >= 4 is 0 Å². The number of methoxy groups -OCH3 is 1. The SMILES string of the molecule is COCC(N)C(C)(C)N(C)C. The zero-order chi connectivity index (χ0) is 9.07. The second-order valence-corrected chi connectivity index (χ2v) is 3.61. The van der Waals surface area contributed by atoms with Crippen molar-refractivity contribution in [2.75, 3.05) is 27.8 Å². The molecule has 68 valence electrons. The van der Waals surface area contributed by atoms with E-state index >= 15 is 0 Å². The van der Waals surface area contributed by atoms with Gasteiger partial charge in [0.1, 0.15) is 0 Å². The molecule has 11 heavy (non-hydrogen) atoms. The van der Waals surface area contributed by atoms with Crippen LogP contribution in [0, 0.1) is 0 Å². The van der Waals surface area contributed by atoms with Gasteiger partial charge >= 0.3 is 0 Å². The Morgan fingerprint density at radius 3 is 2.18 bits per heavy atom. The second-order valence-electron chi connectivity index (χ2n) is 3.61. The number of nitrogens with two attached hydrogens (primary N) is 1. The number of hydrogen-bond donors (Lipinski definition) is 1. The van der Waals surface area contributed by atoms with Crippen molar-refractivity contribution in [1.82, 2.24) is 4.90 Å². The largest absolute Gasteiger partial charge is 0.383 e. The summed E-state index contributed by atoms with van der Waals surface area (Å²) < 4.78 is 4.99. The van der Waals surface area contributed by atoms with Crippen LogP contribution in [0.5, 0.6) is 0 Å². The van der Waals surface area contributed by atoms with Crippen molar-refractivity contribution in [3.8, 4) is 0 Å². The summed E-state index contributed by atoms with van der Waals surface area (Å²) in [5, 5.41) is 0. The van der Waals surface area contributed by atoms with Crippen LogP contribution in [0.1, 0.15) is 13.8 Å². The molecule has 0 heterocycles. The first-order chi connectivity index (χ1) is 4.92. The van der Waals surface area contributed by atoms with E-state index in [1.807, 2.05) is 14.1 Å². The maximum Gasteiger partial charge on any atom is 0.0631 e. The molecule has 1 unspecified atom stereocenters. The van der Waals surface area contributed by atoms with Crippen molar-refractivity contribution < 1.29 is 4.74 Å². The molecule has 0 bridgehead atoms. The van der Waals surface area contributed by atoms with Crippen molar-refractivity contribution in [3.05, 3.63) is 0 Å². The van der Waals surface area contributed by atoms with E-state index in [4.69, 9.17) is 10.5 Å². The van der Waals surface area contributed by atoms with Gasteiger partial charge in [-0.25, -0.2) is 0 Å². The highest BCUT2D eigenvalue weighted by Gasteiger charge is 2.28. The number of hydrogen-bond acceptors (Lipinski definition) is 3. The zero-order valence-corrected chi connectivity index (χ0v) is 8.22. The minimum Gasteiger partial charge on any atom is -0.383 e. The first kappa shape index (κ1) is 10.9. The summed E-state index contributed by atoms with van der Waals surface area (Å²) in [5.41, 5.74) is 5.89. The molecule has 0 aromatic heterocycles. The lowest BCUT2D eigenvalue weighted by Crippen LogP contribution is -2.55.